The van der Waals surface area contributed by atoms with Gasteiger partial charge in [0.2, 0.25) is 5.91 Å². The lowest BCUT2D eigenvalue weighted by atomic mass is 10.2. The SMILES string of the molecule is COc1ccc(/C=N/NC(=O)CC2(C)OCCO2)cc1OC. The summed E-state index contributed by atoms with van der Waals surface area (Å²) in [6.07, 6.45) is 1.62. The second kappa shape index (κ2) is 7.24. The Kier molecular flexibility index (Phi) is 5.35. The van der Waals surface area contributed by atoms with E-state index in [1.54, 1.807) is 33.3 Å². The van der Waals surface area contributed by atoms with Crippen molar-refractivity contribution in [1.82, 2.24) is 5.43 Å². The fourth-order valence-corrected chi connectivity index (χ4v) is 2.10. The maximum Gasteiger partial charge on any atom is 0.245 e. The predicted octanol–water partition coefficient (Wildman–Crippen LogP) is 1.31. The minimum atomic E-state index is -0.858. The summed E-state index contributed by atoms with van der Waals surface area (Å²) < 4.78 is 21.1. The van der Waals surface area contributed by atoms with Crippen molar-refractivity contribution in [3.8, 4) is 11.5 Å². The first kappa shape index (κ1) is 16.3. The van der Waals surface area contributed by atoms with E-state index in [-0.39, 0.29) is 12.3 Å². The summed E-state index contributed by atoms with van der Waals surface area (Å²) in [7, 11) is 3.13. The summed E-state index contributed by atoms with van der Waals surface area (Å²) in [4.78, 5) is 11.8. The maximum atomic E-state index is 11.8. The van der Waals surface area contributed by atoms with E-state index in [9.17, 15) is 4.79 Å². The van der Waals surface area contributed by atoms with Crippen LogP contribution in [0.5, 0.6) is 11.5 Å². The van der Waals surface area contributed by atoms with Crippen molar-refractivity contribution in [3.63, 3.8) is 0 Å². The van der Waals surface area contributed by atoms with Gasteiger partial charge in [0.15, 0.2) is 17.3 Å². The molecule has 1 aromatic rings. The molecule has 0 aromatic heterocycles. The molecule has 7 heteroatoms. The summed E-state index contributed by atoms with van der Waals surface area (Å²) in [5.74, 6) is 0.0921. The molecular weight excluding hydrogens is 288 g/mol. The summed E-state index contributed by atoms with van der Waals surface area (Å²) in [5, 5.41) is 3.91. The van der Waals surface area contributed by atoms with Crippen molar-refractivity contribution < 1.29 is 23.7 Å². The van der Waals surface area contributed by atoms with Gasteiger partial charge in [-0.05, 0) is 30.7 Å². The van der Waals surface area contributed by atoms with Crippen molar-refractivity contribution in [2.75, 3.05) is 27.4 Å². The maximum absolute atomic E-state index is 11.8. The number of amides is 1. The van der Waals surface area contributed by atoms with Gasteiger partial charge < -0.3 is 18.9 Å². The Hall–Kier alpha value is -2.12. The predicted molar refractivity (Wildman–Crippen MR) is 80.2 cm³/mol. The molecule has 0 saturated carbocycles. The lowest BCUT2D eigenvalue weighted by molar-refractivity contribution is -0.159. The third-order valence-corrected chi connectivity index (χ3v) is 3.19. The Morgan fingerprint density at radius 3 is 2.64 bits per heavy atom. The highest BCUT2D eigenvalue weighted by Crippen LogP contribution is 2.26. The average molecular weight is 308 g/mol. The van der Waals surface area contributed by atoms with Crippen LogP contribution in [0.2, 0.25) is 0 Å². The first-order valence-corrected chi connectivity index (χ1v) is 6.88. The molecule has 1 aromatic carbocycles. The lowest BCUT2D eigenvalue weighted by Gasteiger charge is -2.20. The van der Waals surface area contributed by atoms with Crippen molar-refractivity contribution in [3.05, 3.63) is 23.8 Å². The number of carbonyl (C=O) groups is 1. The Morgan fingerprint density at radius 2 is 2.00 bits per heavy atom. The molecule has 0 radical (unpaired) electrons. The quantitative estimate of drug-likeness (QED) is 0.633. The van der Waals surface area contributed by atoms with Gasteiger partial charge in [-0.15, -0.1) is 0 Å². The lowest BCUT2D eigenvalue weighted by Crippen LogP contribution is -2.33. The molecule has 2 rings (SSSR count). The topological polar surface area (TPSA) is 78.4 Å². The van der Waals surface area contributed by atoms with Crippen molar-refractivity contribution >= 4 is 12.1 Å². The first-order valence-electron chi connectivity index (χ1n) is 6.88. The van der Waals surface area contributed by atoms with Gasteiger partial charge in [-0.2, -0.15) is 5.10 Å². The molecule has 120 valence electrons. The number of hydrazone groups is 1. The normalized spacial score (nSPS) is 16.7. The van der Waals surface area contributed by atoms with E-state index in [2.05, 4.69) is 10.5 Å². The van der Waals surface area contributed by atoms with E-state index in [1.807, 2.05) is 6.07 Å². The molecule has 1 fully saturated rings. The summed E-state index contributed by atoms with van der Waals surface area (Å²) >= 11 is 0. The van der Waals surface area contributed by atoms with Crippen LogP contribution in [-0.4, -0.2) is 45.3 Å². The molecule has 1 aliphatic heterocycles. The summed E-state index contributed by atoms with van der Waals surface area (Å²) in [5.41, 5.74) is 3.22. The van der Waals surface area contributed by atoms with Gasteiger partial charge in [0.25, 0.3) is 0 Å². The molecule has 22 heavy (non-hydrogen) atoms. The van der Waals surface area contributed by atoms with Crippen LogP contribution in [-0.2, 0) is 14.3 Å². The van der Waals surface area contributed by atoms with Crippen LogP contribution < -0.4 is 14.9 Å². The van der Waals surface area contributed by atoms with E-state index >= 15 is 0 Å². The third kappa shape index (κ3) is 4.19. The zero-order valence-corrected chi connectivity index (χ0v) is 12.9. The van der Waals surface area contributed by atoms with Crippen molar-refractivity contribution in [2.45, 2.75) is 19.1 Å². The van der Waals surface area contributed by atoms with E-state index < -0.39 is 5.79 Å². The van der Waals surface area contributed by atoms with Crippen LogP contribution in [0, 0.1) is 0 Å². The number of benzene rings is 1. The number of nitrogens with one attached hydrogen (secondary N) is 1. The average Bonchev–Trinajstić information content (AvgIpc) is 2.93. The van der Waals surface area contributed by atoms with Crippen molar-refractivity contribution in [1.29, 1.82) is 0 Å². The molecule has 1 amide bonds. The Morgan fingerprint density at radius 1 is 1.32 bits per heavy atom. The minimum absolute atomic E-state index is 0.0935. The molecule has 1 N–H and O–H groups in total. The van der Waals surface area contributed by atoms with Gasteiger partial charge >= 0.3 is 0 Å². The molecule has 0 aliphatic carbocycles. The van der Waals surface area contributed by atoms with Crippen LogP contribution in [0.25, 0.3) is 0 Å². The van der Waals surface area contributed by atoms with Crippen molar-refractivity contribution in [2.24, 2.45) is 5.10 Å². The van der Waals surface area contributed by atoms with Gasteiger partial charge in [-0.3, -0.25) is 4.79 Å². The monoisotopic (exact) mass is 308 g/mol. The van der Waals surface area contributed by atoms with E-state index in [0.717, 1.165) is 5.56 Å². The smallest absolute Gasteiger partial charge is 0.245 e. The number of hydrogen-bond acceptors (Lipinski definition) is 6. The zero-order valence-electron chi connectivity index (χ0n) is 12.9. The number of rotatable bonds is 6. The van der Waals surface area contributed by atoms with E-state index in [4.69, 9.17) is 18.9 Å². The van der Waals surface area contributed by atoms with Crippen LogP contribution in [0.15, 0.2) is 23.3 Å². The second-order valence-electron chi connectivity index (χ2n) is 4.92. The molecule has 0 unspecified atom stereocenters. The zero-order chi connectivity index (χ0) is 16.0. The van der Waals surface area contributed by atoms with Gasteiger partial charge in [-0.25, -0.2) is 5.43 Å². The van der Waals surface area contributed by atoms with E-state index in [0.29, 0.717) is 24.7 Å². The number of methoxy groups -OCH3 is 2. The Balaban J connectivity index is 1.90. The fraction of sp³-hybridized carbons (Fsp3) is 0.467. The summed E-state index contributed by atoms with van der Waals surface area (Å²) in [6, 6.07) is 5.34. The van der Waals surface area contributed by atoms with E-state index in [1.165, 1.54) is 6.21 Å². The third-order valence-electron chi connectivity index (χ3n) is 3.19. The van der Waals surface area contributed by atoms with Crippen LogP contribution in [0.1, 0.15) is 18.9 Å². The minimum Gasteiger partial charge on any atom is -0.493 e. The highest BCUT2D eigenvalue weighted by molar-refractivity contribution is 5.83. The number of nitrogens with zero attached hydrogens (tertiary/aromatic N) is 1. The first-order chi connectivity index (χ1) is 10.6. The largest absolute Gasteiger partial charge is 0.493 e. The molecule has 1 saturated heterocycles. The Bertz CT molecular complexity index is 553. The molecule has 0 atom stereocenters. The van der Waals surface area contributed by atoms with Crippen LogP contribution >= 0.6 is 0 Å². The van der Waals surface area contributed by atoms with Gasteiger partial charge in [0, 0.05) is 0 Å². The molecule has 0 spiro atoms. The van der Waals surface area contributed by atoms with Gasteiger partial charge in [0.05, 0.1) is 40.1 Å². The van der Waals surface area contributed by atoms with Crippen LogP contribution in [0.4, 0.5) is 0 Å². The molecule has 1 aliphatic rings. The van der Waals surface area contributed by atoms with Crippen LogP contribution in [0.3, 0.4) is 0 Å². The molecule has 7 nitrogen and oxygen atoms in total. The molecule has 0 bridgehead atoms. The molecular formula is C15H20N2O5. The number of hydrogen-bond donors (Lipinski definition) is 1. The van der Waals surface area contributed by atoms with Gasteiger partial charge in [-0.1, -0.05) is 0 Å². The standard InChI is InChI=1S/C15H20N2O5/c1-15(21-6-7-22-15)9-14(18)17-16-10-11-4-5-12(19-2)13(8-11)20-3/h4-5,8,10H,6-7,9H2,1-3H3,(H,17,18)/b16-10+. The Labute approximate surface area is 129 Å². The molecule has 1 heterocycles. The number of carbonyl (C=O) groups excluding carboxylic acids is 1. The highest BCUT2D eigenvalue weighted by atomic mass is 16.7. The van der Waals surface area contributed by atoms with Gasteiger partial charge in [0.1, 0.15) is 0 Å². The number of ether oxygens (including phenoxy) is 4. The highest BCUT2D eigenvalue weighted by Gasteiger charge is 2.33. The summed E-state index contributed by atoms with van der Waals surface area (Å²) in [6.45, 7) is 2.73. The fourth-order valence-electron chi connectivity index (χ4n) is 2.10. The second-order valence-corrected chi connectivity index (χ2v) is 4.92.